The Balaban J connectivity index is 1.75. The van der Waals surface area contributed by atoms with E-state index in [0.717, 1.165) is 11.3 Å². The summed E-state index contributed by atoms with van der Waals surface area (Å²) in [5.74, 6) is 0.831. The van der Waals surface area contributed by atoms with E-state index in [4.69, 9.17) is 10.5 Å². The summed E-state index contributed by atoms with van der Waals surface area (Å²) in [4.78, 5) is 13.8. The van der Waals surface area contributed by atoms with Crippen molar-refractivity contribution < 1.29 is 9.53 Å². The fraction of sp³-hybridized carbons (Fsp3) is 0.278. The number of amides is 1. The Morgan fingerprint density at radius 3 is 2.32 bits per heavy atom. The van der Waals surface area contributed by atoms with E-state index in [1.54, 1.807) is 11.9 Å². The van der Waals surface area contributed by atoms with E-state index < -0.39 is 0 Å². The number of nitrogens with two attached hydrogens (primary N) is 1. The quantitative estimate of drug-likeness (QED) is 0.855. The van der Waals surface area contributed by atoms with Crippen LogP contribution >= 0.6 is 0 Å². The maximum Gasteiger partial charge on any atom is 0.224 e. The Hall–Kier alpha value is -2.33. The monoisotopic (exact) mass is 298 g/mol. The Kier molecular flexibility index (Phi) is 5.98. The molecule has 4 nitrogen and oxygen atoms in total. The fourth-order valence-corrected chi connectivity index (χ4v) is 2.10. The third kappa shape index (κ3) is 4.90. The molecule has 0 aliphatic carbocycles. The molecule has 0 saturated heterocycles. The number of benzene rings is 2. The minimum absolute atomic E-state index is 0.0213. The number of likely N-dealkylation sites (N-methyl/N-ethyl adjacent to an activating group) is 1. The summed E-state index contributed by atoms with van der Waals surface area (Å²) < 4.78 is 5.59. The lowest BCUT2D eigenvalue weighted by Gasteiger charge is -2.20. The first kappa shape index (κ1) is 16.0. The molecule has 2 aromatic carbocycles. The van der Waals surface area contributed by atoms with Gasteiger partial charge in [-0.15, -0.1) is 0 Å². The minimum Gasteiger partial charge on any atom is -0.492 e. The van der Waals surface area contributed by atoms with Crippen LogP contribution in [0.25, 0.3) is 0 Å². The second-order valence-corrected chi connectivity index (χ2v) is 5.20. The number of hydrogen-bond acceptors (Lipinski definition) is 3. The molecule has 0 saturated carbocycles. The lowest BCUT2D eigenvalue weighted by atomic mass is 10.0. The molecule has 0 aliphatic rings. The van der Waals surface area contributed by atoms with Crippen molar-refractivity contribution in [3.05, 3.63) is 66.2 Å². The lowest BCUT2D eigenvalue weighted by molar-refractivity contribution is -0.130. The van der Waals surface area contributed by atoms with Gasteiger partial charge in [0.15, 0.2) is 0 Å². The van der Waals surface area contributed by atoms with Crippen LogP contribution in [0, 0.1) is 0 Å². The molecule has 0 aromatic heterocycles. The zero-order valence-electron chi connectivity index (χ0n) is 12.8. The van der Waals surface area contributed by atoms with Crippen molar-refractivity contribution in [2.75, 3.05) is 20.2 Å². The van der Waals surface area contributed by atoms with E-state index in [9.17, 15) is 4.79 Å². The predicted octanol–water partition coefficient (Wildman–Crippen LogP) is 2.61. The zero-order valence-corrected chi connectivity index (χ0v) is 12.8. The van der Waals surface area contributed by atoms with Gasteiger partial charge in [-0.05, 0) is 17.7 Å². The van der Waals surface area contributed by atoms with Crippen molar-refractivity contribution in [3.8, 4) is 5.75 Å². The van der Waals surface area contributed by atoms with Gasteiger partial charge in [0, 0.05) is 19.5 Å². The van der Waals surface area contributed by atoms with Crippen molar-refractivity contribution in [3.63, 3.8) is 0 Å². The van der Waals surface area contributed by atoms with E-state index in [-0.39, 0.29) is 11.9 Å². The van der Waals surface area contributed by atoms with Gasteiger partial charge in [0.2, 0.25) is 5.91 Å². The topological polar surface area (TPSA) is 55.6 Å². The molecule has 1 unspecified atom stereocenters. The smallest absolute Gasteiger partial charge is 0.224 e. The Labute approximate surface area is 131 Å². The number of carbonyl (C=O) groups is 1. The first-order chi connectivity index (χ1) is 10.7. The molecular formula is C18H22N2O2. The minimum atomic E-state index is -0.272. The summed E-state index contributed by atoms with van der Waals surface area (Å²) in [6.45, 7) is 1.00. The van der Waals surface area contributed by atoms with Crippen LogP contribution in [-0.4, -0.2) is 31.0 Å². The third-order valence-corrected chi connectivity index (χ3v) is 3.49. The van der Waals surface area contributed by atoms with E-state index in [1.807, 2.05) is 60.7 Å². The van der Waals surface area contributed by atoms with Gasteiger partial charge < -0.3 is 15.4 Å². The molecule has 2 aromatic rings. The van der Waals surface area contributed by atoms with Gasteiger partial charge in [0.25, 0.3) is 0 Å². The van der Waals surface area contributed by atoms with Crippen LogP contribution in [0.3, 0.4) is 0 Å². The normalized spacial score (nSPS) is 11.7. The van der Waals surface area contributed by atoms with E-state index in [1.165, 1.54) is 0 Å². The molecule has 0 heterocycles. The second kappa shape index (κ2) is 8.20. The molecule has 2 N–H and O–H groups in total. The van der Waals surface area contributed by atoms with Crippen LogP contribution in [0.4, 0.5) is 0 Å². The van der Waals surface area contributed by atoms with Gasteiger partial charge in [0.1, 0.15) is 12.4 Å². The number of hydrogen-bond donors (Lipinski definition) is 1. The van der Waals surface area contributed by atoms with Gasteiger partial charge in [-0.25, -0.2) is 0 Å². The number of para-hydroxylation sites is 1. The number of nitrogens with zero attached hydrogens (tertiary/aromatic N) is 1. The standard InChI is InChI=1S/C18H22N2O2/c1-20(12-13-22-16-10-6-3-7-11-16)18(21)14-17(19)15-8-4-2-5-9-15/h2-11,17H,12-14,19H2,1H3. The summed E-state index contributed by atoms with van der Waals surface area (Å²) in [6.07, 6.45) is 0.297. The van der Waals surface area contributed by atoms with Crippen molar-refractivity contribution in [2.24, 2.45) is 5.73 Å². The van der Waals surface area contributed by atoms with Crippen molar-refractivity contribution in [1.29, 1.82) is 0 Å². The Bertz CT molecular complexity index is 572. The van der Waals surface area contributed by atoms with E-state index in [0.29, 0.717) is 19.6 Å². The van der Waals surface area contributed by atoms with Crippen LogP contribution in [-0.2, 0) is 4.79 Å². The molecule has 1 amide bonds. The predicted molar refractivity (Wildman–Crippen MR) is 87.6 cm³/mol. The van der Waals surface area contributed by atoms with Crippen LogP contribution in [0.2, 0.25) is 0 Å². The second-order valence-electron chi connectivity index (χ2n) is 5.20. The van der Waals surface area contributed by atoms with Crippen LogP contribution < -0.4 is 10.5 Å². The van der Waals surface area contributed by atoms with E-state index in [2.05, 4.69) is 0 Å². The van der Waals surface area contributed by atoms with Crippen LogP contribution in [0.1, 0.15) is 18.0 Å². The molecule has 4 heteroatoms. The summed E-state index contributed by atoms with van der Waals surface area (Å²) in [5.41, 5.74) is 7.05. The van der Waals surface area contributed by atoms with Crippen LogP contribution in [0.5, 0.6) is 5.75 Å². The highest BCUT2D eigenvalue weighted by molar-refractivity contribution is 5.76. The average Bonchev–Trinajstić information content (AvgIpc) is 2.56. The first-order valence-corrected chi connectivity index (χ1v) is 7.39. The Morgan fingerprint density at radius 2 is 1.68 bits per heavy atom. The van der Waals surface area contributed by atoms with Gasteiger partial charge in [-0.2, -0.15) is 0 Å². The lowest BCUT2D eigenvalue weighted by Crippen LogP contribution is -2.33. The number of ether oxygens (including phenoxy) is 1. The van der Waals surface area contributed by atoms with Crippen molar-refractivity contribution in [1.82, 2.24) is 4.90 Å². The van der Waals surface area contributed by atoms with Gasteiger partial charge in [-0.3, -0.25) is 4.79 Å². The van der Waals surface area contributed by atoms with Crippen molar-refractivity contribution >= 4 is 5.91 Å². The fourth-order valence-electron chi connectivity index (χ4n) is 2.10. The first-order valence-electron chi connectivity index (χ1n) is 7.39. The summed E-state index contributed by atoms with van der Waals surface area (Å²) in [5, 5.41) is 0. The highest BCUT2D eigenvalue weighted by atomic mass is 16.5. The molecule has 1 atom stereocenters. The molecule has 0 bridgehead atoms. The maximum absolute atomic E-state index is 12.2. The zero-order chi connectivity index (χ0) is 15.8. The Morgan fingerprint density at radius 1 is 1.09 bits per heavy atom. The molecule has 2 rings (SSSR count). The van der Waals surface area contributed by atoms with E-state index >= 15 is 0 Å². The number of carbonyl (C=O) groups excluding carboxylic acids is 1. The largest absolute Gasteiger partial charge is 0.492 e. The summed E-state index contributed by atoms with van der Waals surface area (Å²) in [7, 11) is 1.77. The van der Waals surface area contributed by atoms with Gasteiger partial charge in [-0.1, -0.05) is 48.5 Å². The molecule has 116 valence electrons. The molecule has 22 heavy (non-hydrogen) atoms. The highest BCUT2D eigenvalue weighted by Crippen LogP contribution is 2.14. The molecule has 0 fully saturated rings. The summed E-state index contributed by atoms with van der Waals surface area (Å²) in [6, 6.07) is 19.0. The maximum atomic E-state index is 12.2. The van der Waals surface area contributed by atoms with Gasteiger partial charge >= 0.3 is 0 Å². The third-order valence-electron chi connectivity index (χ3n) is 3.49. The van der Waals surface area contributed by atoms with Gasteiger partial charge in [0.05, 0.1) is 6.54 Å². The van der Waals surface area contributed by atoms with Crippen molar-refractivity contribution in [2.45, 2.75) is 12.5 Å². The molecule has 0 spiro atoms. The van der Waals surface area contributed by atoms with Crippen LogP contribution in [0.15, 0.2) is 60.7 Å². The highest BCUT2D eigenvalue weighted by Gasteiger charge is 2.15. The molecular weight excluding hydrogens is 276 g/mol. The number of rotatable bonds is 7. The SMILES string of the molecule is CN(CCOc1ccccc1)C(=O)CC(N)c1ccccc1. The average molecular weight is 298 g/mol. The molecule has 0 radical (unpaired) electrons. The molecule has 0 aliphatic heterocycles. The summed E-state index contributed by atoms with van der Waals surface area (Å²) >= 11 is 0.